The van der Waals surface area contributed by atoms with Gasteiger partial charge in [0.25, 0.3) is 0 Å². The zero-order chi connectivity index (χ0) is 13.0. The predicted octanol–water partition coefficient (Wildman–Crippen LogP) is 0.352. The second kappa shape index (κ2) is 5.63. The molecule has 0 saturated heterocycles. The zero-order valence-corrected chi connectivity index (χ0v) is 10.4. The van der Waals surface area contributed by atoms with E-state index in [4.69, 9.17) is 9.84 Å². The minimum Gasteiger partial charge on any atom is -0.502 e. The first-order chi connectivity index (χ1) is 8.01. The van der Waals surface area contributed by atoms with Crippen molar-refractivity contribution in [2.75, 3.05) is 6.61 Å². The van der Waals surface area contributed by atoms with Gasteiger partial charge in [-0.3, -0.25) is 0 Å². The first-order valence-corrected chi connectivity index (χ1v) is 5.49. The van der Waals surface area contributed by atoms with E-state index in [-0.39, 0.29) is 24.9 Å². The number of hydrogen-bond donors (Lipinski definition) is 2. The minimum atomic E-state index is -0.368. The lowest BCUT2D eigenvalue weighted by Crippen LogP contribution is -2.42. The molecule has 0 unspecified atom stereocenters. The lowest BCUT2D eigenvalue weighted by molar-refractivity contribution is -0.692. The van der Waals surface area contributed by atoms with Crippen LogP contribution in [0.2, 0.25) is 0 Å². The van der Waals surface area contributed by atoms with Gasteiger partial charge in [0.1, 0.15) is 0 Å². The number of ether oxygens (including phenoxy) is 1. The Morgan fingerprint density at radius 2 is 2.12 bits per heavy atom. The molecular weight excluding hydrogens is 222 g/mol. The topological polar surface area (TPSA) is 70.6 Å². The molecule has 5 heteroatoms. The van der Waals surface area contributed by atoms with E-state index in [0.29, 0.717) is 23.4 Å². The number of rotatable bonds is 4. The van der Waals surface area contributed by atoms with Crippen molar-refractivity contribution in [2.45, 2.75) is 33.9 Å². The van der Waals surface area contributed by atoms with E-state index in [0.717, 1.165) is 0 Å². The molecule has 0 aliphatic carbocycles. The Morgan fingerprint density at radius 3 is 2.65 bits per heavy atom. The summed E-state index contributed by atoms with van der Waals surface area (Å²) in [6, 6.07) is 0. The molecular formula is C12H18NO4+. The fourth-order valence-corrected chi connectivity index (χ4v) is 1.61. The summed E-state index contributed by atoms with van der Waals surface area (Å²) in [5, 5.41) is 19.0. The van der Waals surface area contributed by atoms with E-state index in [1.54, 1.807) is 31.5 Å². The fraction of sp³-hybridized carbons (Fsp3) is 0.500. The van der Waals surface area contributed by atoms with Crippen LogP contribution in [0.5, 0.6) is 5.75 Å². The third kappa shape index (κ3) is 2.94. The smallest absolute Gasteiger partial charge is 0.372 e. The third-order valence-corrected chi connectivity index (χ3v) is 2.70. The highest BCUT2D eigenvalue weighted by Crippen LogP contribution is 2.21. The molecule has 0 aliphatic rings. The molecule has 2 N–H and O–H groups in total. The zero-order valence-electron chi connectivity index (χ0n) is 10.4. The van der Waals surface area contributed by atoms with Crippen LogP contribution in [0.3, 0.4) is 0 Å². The van der Waals surface area contributed by atoms with Gasteiger partial charge in [0.05, 0.1) is 13.2 Å². The number of aromatic nitrogens is 1. The number of carbonyl (C=O) groups is 1. The Balaban J connectivity index is 3.08. The third-order valence-electron chi connectivity index (χ3n) is 2.70. The number of pyridine rings is 1. The van der Waals surface area contributed by atoms with Crippen molar-refractivity contribution in [1.29, 1.82) is 0 Å². The van der Waals surface area contributed by atoms with Crippen LogP contribution >= 0.6 is 0 Å². The predicted molar refractivity (Wildman–Crippen MR) is 60.3 cm³/mol. The Bertz CT molecular complexity index is 429. The van der Waals surface area contributed by atoms with Crippen molar-refractivity contribution in [3.05, 3.63) is 23.0 Å². The van der Waals surface area contributed by atoms with Crippen LogP contribution in [0.15, 0.2) is 6.20 Å². The SMILES string of the molecule is CCOC(=O)C[n+]1cc(CO)c(C)c(O)c1C. The lowest BCUT2D eigenvalue weighted by atomic mass is 10.1. The molecule has 94 valence electrons. The molecule has 1 heterocycles. The minimum absolute atomic E-state index is 0.0283. The summed E-state index contributed by atoms with van der Waals surface area (Å²) in [5.74, 6) is -0.270. The fourth-order valence-electron chi connectivity index (χ4n) is 1.61. The Kier molecular flexibility index (Phi) is 4.45. The van der Waals surface area contributed by atoms with Crippen LogP contribution in [0.1, 0.15) is 23.7 Å². The highest BCUT2D eigenvalue weighted by atomic mass is 16.5. The number of carbonyl (C=O) groups excluding carboxylic acids is 1. The van der Waals surface area contributed by atoms with Gasteiger partial charge in [0.2, 0.25) is 12.2 Å². The van der Waals surface area contributed by atoms with Crippen molar-refractivity contribution in [1.82, 2.24) is 0 Å². The van der Waals surface area contributed by atoms with Gasteiger partial charge < -0.3 is 14.9 Å². The molecule has 0 aromatic carbocycles. The molecule has 0 saturated carbocycles. The molecule has 17 heavy (non-hydrogen) atoms. The molecule has 0 fully saturated rings. The first kappa shape index (κ1) is 13.4. The average molecular weight is 240 g/mol. The number of esters is 1. The van der Waals surface area contributed by atoms with Crippen LogP contribution < -0.4 is 4.57 Å². The monoisotopic (exact) mass is 240 g/mol. The van der Waals surface area contributed by atoms with Gasteiger partial charge in [-0.15, -0.1) is 0 Å². The van der Waals surface area contributed by atoms with Crippen molar-refractivity contribution in [3.8, 4) is 5.75 Å². The molecule has 1 aromatic heterocycles. The standard InChI is InChI=1S/C12H17NO4/c1-4-17-11(15)6-13-5-10(7-14)8(2)12(16)9(13)3/h5,14H,4,6-7H2,1-3H3/p+1. The van der Waals surface area contributed by atoms with Gasteiger partial charge in [0, 0.05) is 18.1 Å². The number of aliphatic hydroxyl groups is 1. The summed E-state index contributed by atoms with van der Waals surface area (Å²) in [7, 11) is 0. The van der Waals surface area contributed by atoms with Crippen LogP contribution in [-0.2, 0) is 22.7 Å². The van der Waals surface area contributed by atoms with Crippen LogP contribution in [-0.4, -0.2) is 22.8 Å². The van der Waals surface area contributed by atoms with Gasteiger partial charge in [-0.2, -0.15) is 4.57 Å². The second-order valence-corrected chi connectivity index (χ2v) is 3.80. The van der Waals surface area contributed by atoms with Gasteiger partial charge in [-0.1, -0.05) is 0 Å². The van der Waals surface area contributed by atoms with Gasteiger partial charge >= 0.3 is 5.97 Å². The Hall–Kier alpha value is -1.62. The van der Waals surface area contributed by atoms with E-state index in [2.05, 4.69) is 0 Å². The van der Waals surface area contributed by atoms with Gasteiger partial charge in [-0.05, 0) is 13.8 Å². The van der Waals surface area contributed by atoms with Crippen molar-refractivity contribution in [3.63, 3.8) is 0 Å². The molecule has 5 nitrogen and oxygen atoms in total. The molecule has 1 aromatic rings. The summed E-state index contributed by atoms with van der Waals surface area (Å²) in [6.45, 7) is 5.35. The quantitative estimate of drug-likeness (QED) is 0.588. The van der Waals surface area contributed by atoms with E-state index in [9.17, 15) is 9.90 Å². The second-order valence-electron chi connectivity index (χ2n) is 3.80. The van der Waals surface area contributed by atoms with Crippen molar-refractivity contribution >= 4 is 5.97 Å². The van der Waals surface area contributed by atoms with E-state index >= 15 is 0 Å². The summed E-state index contributed by atoms with van der Waals surface area (Å²) in [4.78, 5) is 11.4. The molecule has 1 rings (SSSR count). The Labute approximate surface area is 100 Å². The Morgan fingerprint density at radius 1 is 1.47 bits per heavy atom. The number of aliphatic hydroxyl groups excluding tert-OH is 1. The van der Waals surface area contributed by atoms with Crippen LogP contribution in [0.4, 0.5) is 0 Å². The number of aromatic hydroxyl groups is 1. The van der Waals surface area contributed by atoms with E-state index < -0.39 is 0 Å². The number of hydrogen-bond acceptors (Lipinski definition) is 4. The molecule has 0 radical (unpaired) electrons. The van der Waals surface area contributed by atoms with E-state index in [1.165, 1.54) is 0 Å². The van der Waals surface area contributed by atoms with Gasteiger partial charge in [0.15, 0.2) is 11.9 Å². The summed E-state index contributed by atoms with van der Waals surface area (Å²) in [6.07, 6.45) is 1.65. The summed E-state index contributed by atoms with van der Waals surface area (Å²) >= 11 is 0. The highest BCUT2D eigenvalue weighted by molar-refractivity contribution is 5.67. The van der Waals surface area contributed by atoms with Crippen LogP contribution in [0.25, 0.3) is 0 Å². The van der Waals surface area contributed by atoms with Crippen LogP contribution in [0, 0.1) is 13.8 Å². The lowest BCUT2D eigenvalue weighted by Gasteiger charge is -2.08. The normalized spacial score (nSPS) is 10.4. The maximum atomic E-state index is 11.4. The van der Waals surface area contributed by atoms with Crippen molar-refractivity contribution in [2.24, 2.45) is 0 Å². The average Bonchev–Trinajstić information content (AvgIpc) is 2.30. The first-order valence-electron chi connectivity index (χ1n) is 5.49. The molecule has 0 aliphatic heterocycles. The van der Waals surface area contributed by atoms with E-state index in [1.807, 2.05) is 0 Å². The summed E-state index contributed by atoms with van der Waals surface area (Å²) < 4.78 is 6.42. The summed E-state index contributed by atoms with van der Waals surface area (Å²) in [5.41, 5.74) is 1.80. The maximum Gasteiger partial charge on any atom is 0.372 e. The molecule has 0 spiro atoms. The molecule has 0 amide bonds. The molecule has 0 atom stereocenters. The maximum absolute atomic E-state index is 11.4. The van der Waals surface area contributed by atoms with Gasteiger partial charge in [-0.25, -0.2) is 4.79 Å². The van der Waals surface area contributed by atoms with Crippen molar-refractivity contribution < 1.29 is 24.3 Å². The molecule has 0 bridgehead atoms. The number of nitrogens with zero attached hydrogens (tertiary/aromatic N) is 1. The largest absolute Gasteiger partial charge is 0.502 e. The highest BCUT2D eigenvalue weighted by Gasteiger charge is 2.20.